The van der Waals surface area contributed by atoms with Crippen molar-refractivity contribution in [2.45, 2.75) is 73.8 Å². The van der Waals surface area contributed by atoms with Crippen LogP contribution in [0.2, 0.25) is 0 Å². The van der Waals surface area contributed by atoms with Crippen molar-refractivity contribution in [1.29, 1.82) is 0 Å². The summed E-state index contributed by atoms with van der Waals surface area (Å²) in [6.45, 7) is 14.9. The van der Waals surface area contributed by atoms with Crippen molar-refractivity contribution in [3.05, 3.63) is 82.5 Å². The van der Waals surface area contributed by atoms with Gasteiger partial charge in [0.2, 0.25) is 11.9 Å². The summed E-state index contributed by atoms with van der Waals surface area (Å²) in [6, 6.07) is 9.53. The van der Waals surface area contributed by atoms with Gasteiger partial charge in [-0.25, -0.2) is 19.6 Å². The Morgan fingerprint density at radius 2 is 1.11 bits per heavy atom. The summed E-state index contributed by atoms with van der Waals surface area (Å²) in [6.07, 6.45) is 3.77. The van der Waals surface area contributed by atoms with Crippen LogP contribution in [-0.4, -0.2) is 126 Å². The molecule has 342 valence electrons. The zero-order valence-electron chi connectivity index (χ0n) is 37.4. The number of allylic oxidation sites excluding steroid dienone is 2. The average Bonchev–Trinajstić information content (AvgIpc) is 4.07. The standard InChI is InChI=1S/C45H53N11O9/c1-7-55-34(19-27(5)50-55)40(57)48-44-46-32-21-29(42(59)62-9-3)23-36-38(32)53(44)13-11-12-14-54-39-33(47-45(54)49-41(58)35-20-28(6)51-56(35)8-2)22-30(43(60)63-10-4)24-37(39)65-26-31(25-64-36)52-15-17-61-18-16-52/h11-12,19-24,31H,7-10,13-18,25-26H2,1-6H3,(H,46,48,57)(H,47,49,58)/b12-11+. The molecule has 0 saturated carbocycles. The summed E-state index contributed by atoms with van der Waals surface area (Å²) in [5.41, 5.74) is 4.36. The number of ether oxygens (including phenoxy) is 5. The van der Waals surface area contributed by atoms with Gasteiger partial charge in [-0.1, -0.05) is 12.2 Å². The normalized spacial score (nSPS) is 15.4. The maximum Gasteiger partial charge on any atom is 0.338 e. The zero-order chi connectivity index (χ0) is 45.8. The average molecular weight is 892 g/mol. The molecule has 0 atom stereocenters. The van der Waals surface area contributed by atoms with Crippen LogP contribution in [-0.2, 0) is 40.4 Å². The van der Waals surface area contributed by atoms with Crippen LogP contribution in [0.15, 0.2) is 48.6 Å². The van der Waals surface area contributed by atoms with Crippen molar-refractivity contribution in [3.63, 3.8) is 0 Å². The lowest BCUT2D eigenvalue weighted by Crippen LogP contribution is -2.49. The minimum atomic E-state index is -0.557. The summed E-state index contributed by atoms with van der Waals surface area (Å²) in [5, 5.41) is 14.9. The highest BCUT2D eigenvalue weighted by Crippen LogP contribution is 2.35. The molecule has 8 rings (SSSR count). The minimum Gasteiger partial charge on any atom is -0.490 e. The largest absolute Gasteiger partial charge is 0.490 e. The number of nitrogens with zero attached hydrogens (tertiary/aromatic N) is 9. The summed E-state index contributed by atoms with van der Waals surface area (Å²) in [4.78, 5) is 66.4. The van der Waals surface area contributed by atoms with Gasteiger partial charge in [0.1, 0.15) is 47.1 Å². The number of benzene rings is 2. The summed E-state index contributed by atoms with van der Waals surface area (Å²) < 4.78 is 36.9. The van der Waals surface area contributed by atoms with Crippen molar-refractivity contribution in [2.24, 2.45) is 0 Å². The number of esters is 2. The molecule has 6 heterocycles. The van der Waals surface area contributed by atoms with Crippen LogP contribution in [0.1, 0.15) is 80.8 Å². The highest BCUT2D eigenvalue weighted by atomic mass is 16.5. The number of carbonyl (C=O) groups excluding carboxylic acids is 4. The van der Waals surface area contributed by atoms with Crippen molar-refractivity contribution >= 4 is 57.7 Å². The fraction of sp³-hybridized carbons (Fsp3) is 0.422. The first kappa shape index (κ1) is 44.5. The lowest BCUT2D eigenvalue weighted by atomic mass is 10.1. The highest BCUT2D eigenvalue weighted by Gasteiger charge is 2.28. The molecule has 65 heavy (non-hydrogen) atoms. The minimum absolute atomic E-state index is 0.0882. The Kier molecular flexibility index (Phi) is 13.3. The Bertz CT molecular complexity index is 2620. The molecule has 2 N–H and O–H groups in total. The number of nitrogens with one attached hydrogen (secondary N) is 2. The van der Waals surface area contributed by atoms with E-state index in [1.54, 1.807) is 59.6 Å². The molecule has 1 fully saturated rings. The number of anilines is 2. The number of morpholine rings is 1. The number of rotatable bonds is 11. The number of imidazole rings is 2. The summed E-state index contributed by atoms with van der Waals surface area (Å²) >= 11 is 0. The highest BCUT2D eigenvalue weighted by molar-refractivity contribution is 6.05. The molecule has 6 aromatic rings. The molecule has 0 unspecified atom stereocenters. The predicted octanol–water partition coefficient (Wildman–Crippen LogP) is 5.02. The van der Waals surface area contributed by atoms with E-state index in [-0.39, 0.29) is 68.6 Å². The van der Waals surface area contributed by atoms with Crippen molar-refractivity contribution in [1.82, 2.24) is 43.6 Å². The van der Waals surface area contributed by atoms with Crippen LogP contribution in [0, 0.1) is 13.8 Å². The molecule has 4 aromatic heterocycles. The van der Waals surface area contributed by atoms with Gasteiger partial charge in [0.15, 0.2) is 0 Å². The van der Waals surface area contributed by atoms with Gasteiger partial charge in [-0.15, -0.1) is 0 Å². The van der Waals surface area contributed by atoms with E-state index in [4.69, 9.17) is 33.7 Å². The topological polar surface area (TPSA) is 213 Å². The number of hydrogen-bond donors (Lipinski definition) is 2. The van der Waals surface area contributed by atoms with E-state index in [1.165, 1.54) is 0 Å². The third kappa shape index (κ3) is 9.30. The third-order valence-electron chi connectivity index (χ3n) is 11.1. The van der Waals surface area contributed by atoms with Gasteiger partial charge in [0.05, 0.1) is 66.0 Å². The Morgan fingerprint density at radius 3 is 1.52 bits per heavy atom. The van der Waals surface area contributed by atoms with Crippen LogP contribution in [0.25, 0.3) is 22.1 Å². The van der Waals surface area contributed by atoms with Crippen LogP contribution >= 0.6 is 0 Å². The summed E-state index contributed by atoms with van der Waals surface area (Å²) in [7, 11) is 0. The Balaban J connectivity index is 1.28. The van der Waals surface area contributed by atoms with E-state index in [2.05, 4.69) is 25.7 Å². The molecule has 0 bridgehead atoms. The smallest absolute Gasteiger partial charge is 0.338 e. The molecule has 20 heteroatoms. The van der Waals surface area contributed by atoms with Gasteiger partial charge in [-0.2, -0.15) is 10.2 Å². The van der Waals surface area contributed by atoms with Crippen LogP contribution in [0.3, 0.4) is 0 Å². The maximum absolute atomic E-state index is 13.9. The van der Waals surface area contributed by atoms with Crippen LogP contribution < -0.4 is 20.1 Å². The Morgan fingerprint density at radius 1 is 0.662 bits per heavy atom. The lowest BCUT2D eigenvalue weighted by Gasteiger charge is -2.34. The second kappa shape index (κ2) is 19.4. The van der Waals surface area contributed by atoms with E-state index < -0.39 is 23.8 Å². The van der Waals surface area contributed by atoms with Gasteiger partial charge in [0, 0.05) is 39.3 Å². The zero-order valence-corrected chi connectivity index (χ0v) is 37.4. The molecular formula is C45H53N11O9. The maximum atomic E-state index is 13.9. The number of aromatic nitrogens is 8. The van der Waals surface area contributed by atoms with Crippen molar-refractivity contribution in [2.75, 3.05) is 63.4 Å². The first-order valence-electron chi connectivity index (χ1n) is 21.9. The number of aryl methyl sites for hydroxylation is 4. The molecule has 20 nitrogen and oxygen atoms in total. The molecule has 0 spiro atoms. The van der Waals surface area contributed by atoms with Gasteiger partial charge in [-0.3, -0.25) is 34.5 Å². The first-order chi connectivity index (χ1) is 31.5. The van der Waals surface area contributed by atoms with Crippen molar-refractivity contribution in [3.8, 4) is 11.5 Å². The molecular weight excluding hydrogens is 839 g/mol. The fourth-order valence-electron chi connectivity index (χ4n) is 8.09. The van der Waals surface area contributed by atoms with E-state index in [1.807, 2.05) is 49.0 Å². The monoisotopic (exact) mass is 891 g/mol. The van der Waals surface area contributed by atoms with Gasteiger partial charge in [-0.05, 0) is 77.9 Å². The SMILES string of the molecule is CCOC(=O)c1cc2c3c(c1)nc(NC(=O)c1cc(C)nn1CC)n3C/C=C/Cn1c(NC(=O)c3cc(C)nn3CC)nc3cc(C(=O)OCC)cc(c31)OCC(N1CCOCC1)CO2. The van der Waals surface area contributed by atoms with E-state index in [0.717, 1.165) is 0 Å². The second-order valence-electron chi connectivity index (χ2n) is 15.5. The second-order valence-corrected chi connectivity index (χ2v) is 15.5. The molecule has 2 aliphatic rings. The van der Waals surface area contributed by atoms with Gasteiger partial charge < -0.3 is 32.8 Å². The summed E-state index contributed by atoms with van der Waals surface area (Å²) in [5.74, 6) is -0.870. The Hall–Kier alpha value is -7.06. The third-order valence-corrected chi connectivity index (χ3v) is 11.1. The van der Waals surface area contributed by atoms with Gasteiger partial charge >= 0.3 is 11.9 Å². The van der Waals surface area contributed by atoms with Crippen LogP contribution in [0.4, 0.5) is 11.9 Å². The van der Waals surface area contributed by atoms with E-state index >= 15 is 0 Å². The Labute approximate surface area is 374 Å². The molecule has 0 aliphatic carbocycles. The van der Waals surface area contributed by atoms with Gasteiger partial charge in [0.25, 0.3) is 11.8 Å². The van der Waals surface area contributed by atoms with E-state index in [9.17, 15) is 19.2 Å². The number of hydrogen-bond acceptors (Lipinski definition) is 14. The molecule has 0 radical (unpaired) electrons. The number of carbonyl (C=O) groups is 4. The predicted molar refractivity (Wildman–Crippen MR) is 239 cm³/mol. The fourth-order valence-corrected chi connectivity index (χ4v) is 8.09. The molecule has 2 amide bonds. The molecule has 1 saturated heterocycles. The molecule has 2 aromatic carbocycles. The number of amides is 2. The molecule has 2 aliphatic heterocycles. The lowest BCUT2D eigenvalue weighted by molar-refractivity contribution is -0.00550. The quantitative estimate of drug-likeness (QED) is 0.129. The first-order valence-corrected chi connectivity index (χ1v) is 21.9. The van der Waals surface area contributed by atoms with Crippen LogP contribution in [0.5, 0.6) is 11.5 Å². The van der Waals surface area contributed by atoms with Crippen molar-refractivity contribution < 1.29 is 42.9 Å². The van der Waals surface area contributed by atoms with E-state index in [0.29, 0.717) is 95.7 Å².